The number of anilines is 2. The lowest BCUT2D eigenvalue weighted by Gasteiger charge is -2.10. The highest BCUT2D eigenvalue weighted by atomic mass is 32.2. The molecule has 0 aliphatic heterocycles. The van der Waals surface area contributed by atoms with Crippen LogP contribution in [-0.2, 0) is 11.3 Å². The second-order valence-electron chi connectivity index (χ2n) is 6.60. The molecule has 0 atom stereocenters. The Hall–Kier alpha value is -3.23. The average molecular weight is 451 g/mol. The van der Waals surface area contributed by atoms with E-state index in [9.17, 15) is 9.18 Å². The first-order valence-electron chi connectivity index (χ1n) is 9.56. The Labute approximate surface area is 187 Å². The fraction of sp³-hybridized carbons (Fsp3) is 0.0870. The minimum absolute atomic E-state index is 0.107. The van der Waals surface area contributed by atoms with Crippen LogP contribution in [0.1, 0.15) is 5.56 Å². The molecule has 5 nitrogen and oxygen atoms in total. The van der Waals surface area contributed by atoms with Crippen molar-refractivity contribution in [1.82, 2.24) is 10.2 Å². The van der Waals surface area contributed by atoms with E-state index in [1.165, 1.54) is 35.2 Å². The molecule has 156 valence electrons. The van der Waals surface area contributed by atoms with E-state index in [-0.39, 0.29) is 17.5 Å². The third kappa shape index (κ3) is 5.90. The first-order valence-corrected chi connectivity index (χ1v) is 11.4. The summed E-state index contributed by atoms with van der Waals surface area (Å²) in [4.78, 5) is 12.5. The van der Waals surface area contributed by atoms with Crippen LogP contribution >= 0.6 is 23.1 Å². The van der Waals surface area contributed by atoms with Crippen molar-refractivity contribution in [3.05, 3.63) is 90.2 Å². The molecule has 1 heterocycles. The predicted octanol–water partition coefficient (Wildman–Crippen LogP) is 5.69. The average Bonchev–Trinajstić information content (AvgIpc) is 3.26. The van der Waals surface area contributed by atoms with E-state index in [1.807, 2.05) is 54.6 Å². The SMILES string of the molecule is O=C(CSc1nnc(NCc2ccc(F)cc2)s1)Nc1ccccc1-c1ccccc1. The number of para-hydroxylation sites is 1. The van der Waals surface area contributed by atoms with Crippen LogP contribution in [0.5, 0.6) is 0 Å². The Balaban J connectivity index is 1.30. The second kappa shape index (κ2) is 10.2. The van der Waals surface area contributed by atoms with Crippen LogP contribution in [0.4, 0.5) is 15.2 Å². The molecule has 31 heavy (non-hydrogen) atoms. The van der Waals surface area contributed by atoms with Gasteiger partial charge in [-0.25, -0.2) is 4.39 Å². The Morgan fingerprint density at radius 3 is 2.48 bits per heavy atom. The molecule has 4 aromatic rings. The lowest BCUT2D eigenvalue weighted by Crippen LogP contribution is -2.14. The van der Waals surface area contributed by atoms with Crippen molar-refractivity contribution in [1.29, 1.82) is 0 Å². The maximum atomic E-state index is 13.0. The van der Waals surface area contributed by atoms with Gasteiger partial charge in [-0.3, -0.25) is 4.79 Å². The minimum Gasteiger partial charge on any atom is -0.356 e. The molecule has 8 heteroatoms. The molecule has 4 rings (SSSR count). The lowest BCUT2D eigenvalue weighted by molar-refractivity contribution is -0.113. The first kappa shape index (κ1) is 21.0. The number of amides is 1. The number of hydrogen-bond acceptors (Lipinski definition) is 6. The van der Waals surface area contributed by atoms with E-state index in [4.69, 9.17) is 0 Å². The van der Waals surface area contributed by atoms with Gasteiger partial charge in [0, 0.05) is 17.8 Å². The minimum atomic E-state index is -0.261. The molecule has 0 aliphatic carbocycles. The standard InChI is InChI=1S/C23H19FN4OS2/c24-18-12-10-16(11-13-18)14-25-22-27-28-23(31-22)30-15-21(29)26-20-9-5-4-8-19(20)17-6-2-1-3-7-17/h1-13H,14-15H2,(H,25,27)(H,26,29). The Kier molecular flexibility index (Phi) is 6.91. The van der Waals surface area contributed by atoms with Gasteiger partial charge in [0.2, 0.25) is 11.0 Å². The zero-order chi connectivity index (χ0) is 21.5. The van der Waals surface area contributed by atoms with Gasteiger partial charge in [-0.15, -0.1) is 10.2 Å². The van der Waals surface area contributed by atoms with E-state index in [0.29, 0.717) is 16.0 Å². The molecular formula is C23H19FN4OS2. The zero-order valence-electron chi connectivity index (χ0n) is 16.4. The fourth-order valence-electron chi connectivity index (χ4n) is 2.89. The monoisotopic (exact) mass is 450 g/mol. The molecule has 0 bridgehead atoms. The van der Waals surface area contributed by atoms with Crippen LogP contribution in [0.25, 0.3) is 11.1 Å². The van der Waals surface area contributed by atoms with Gasteiger partial charge < -0.3 is 10.6 Å². The highest BCUT2D eigenvalue weighted by Gasteiger charge is 2.11. The number of benzene rings is 3. The molecule has 0 unspecified atom stereocenters. The number of halogens is 1. The van der Waals surface area contributed by atoms with Gasteiger partial charge in [0.15, 0.2) is 4.34 Å². The first-order chi connectivity index (χ1) is 15.2. The molecule has 1 amide bonds. The normalized spacial score (nSPS) is 10.6. The van der Waals surface area contributed by atoms with Gasteiger partial charge >= 0.3 is 0 Å². The van der Waals surface area contributed by atoms with Crippen molar-refractivity contribution in [3.8, 4) is 11.1 Å². The van der Waals surface area contributed by atoms with E-state index < -0.39 is 0 Å². The fourth-order valence-corrected chi connectivity index (χ4v) is 4.44. The molecule has 0 fully saturated rings. The topological polar surface area (TPSA) is 66.9 Å². The summed E-state index contributed by atoms with van der Waals surface area (Å²) in [6.45, 7) is 0.524. The van der Waals surface area contributed by atoms with Crippen LogP contribution in [0.2, 0.25) is 0 Å². The highest BCUT2D eigenvalue weighted by Crippen LogP contribution is 2.29. The van der Waals surface area contributed by atoms with Gasteiger partial charge in [0.25, 0.3) is 0 Å². The molecule has 0 aliphatic rings. The summed E-state index contributed by atoms with van der Waals surface area (Å²) < 4.78 is 13.7. The van der Waals surface area contributed by atoms with E-state index in [0.717, 1.165) is 22.4 Å². The Morgan fingerprint density at radius 1 is 0.935 bits per heavy atom. The van der Waals surface area contributed by atoms with Gasteiger partial charge in [-0.2, -0.15) is 0 Å². The van der Waals surface area contributed by atoms with E-state index >= 15 is 0 Å². The molecular weight excluding hydrogens is 431 g/mol. The molecule has 3 aromatic carbocycles. The summed E-state index contributed by atoms with van der Waals surface area (Å²) in [5.41, 5.74) is 3.75. The number of rotatable bonds is 8. The molecule has 0 saturated heterocycles. The van der Waals surface area contributed by atoms with Gasteiger partial charge in [-0.1, -0.05) is 83.8 Å². The van der Waals surface area contributed by atoms with Crippen LogP contribution in [0.3, 0.4) is 0 Å². The number of carbonyl (C=O) groups excluding carboxylic acids is 1. The molecule has 0 saturated carbocycles. The summed E-state index contributed by atoms with van der Waals surface area (Å²) in [7, 11) is 0. The van der Waals surface area contributed by atoms with Crippen molar-refractivity contribution in [2.75, 3.05) is 16.4 Å². The summed E-state index contributed by atoms with van der Waals surface area (Å²) in [5, 5.41) is 15.0. The molecule has 0 spiro atoms. The number of hydrogen-bond donors (Lipinski definition) is 2. The third-order valence-electron chi connectivity index (χ3n) is 4.38. The predicted molar refractivity (Wildman–Crippen MR) is 125 cm³/mol. The summed E-state index contributed by atoms with van der Waals surface area (Å²) in [6.07, 6.45) is 0. The smallest absolute Gasteiger partial charge is 0.234 e. The second-order valence-corrected chi connectivity index (χ2v) is 8.80. The van der Waals surface area contributed by atoms with Crippen molar-refractivity contribution in [2.45, 2.75) is 10.9 Å². The number of aromatic nitrogens is 2. The Bertz CT molecular complexity index is 1150. The van der Waals surface area contributed by atoms with Gasteiger partial charge in [-0.05, 0) is 29.3 Å². The van der Waals surface area contributed by atoms with Crippen molar-refractivity contribution < 1.29 is 9.18 Å². The van der Waals surface area contributed by atoms with E-state index in [1.54, 1.807) is 12.1 Å². The summed E-state index contributed by atoms with van der Waals surface area (Å²) >= 11 is 2.72. The largest absolute Gasteiger partial charge is 0.356 e. The zero-order valence-corrected chi connectivity index (χ0v) is 18.0. The van der Waals surface area contributed by atoms with Gasteiger partial charge in [0.05, 0.1) is 5.75 Å². The number of carbonyl (C=O) groups is 1. The summed E-state index contributed by atoms with van der Waals surface area (Å²) in [5.74, 6) is -0.136. The number of nitrogens with one attached hydrogen (secondary N) is 2. The Morgan fingerprint density at radius 2 is 1.68 bits per heavy atom. The summed E-state index contributed by atoms with van der Waals surface area (Å²) in [6, 6.07) is 24.0. The van der Waals surface area contributed by atoms with Crippen molar-refractivity contribution in [3.63, 3.8) is 0 Å². The maximum Gasteiger partial charge on any atom is 0.234 e. The highest BCUT2D eigenvalue weighted by molar-refractivity contribution is 8.01. The van der Waals surface area contributed by atoms with Gasteiger partial charge in [0.1, 0.15) is 5.82 Å². The van der Waals surface area contributed by atoms with Crippen LogP contribution < -0.4 is 10.6 Å². The maximum absolute atomic E-state index is 13.0. The molecule has 0 radical (unpaired) electrons. The quantitative estimate of drug-likeness (QED) is 0.338. The lowest BCUT2D eigenvalue weighted by atomic mass is 10.0. The van der Waals surface area contributed by atoms with E-state index in [2.05, 4.69) is 20.8 Å². The van der Waals surface area contributed by atoms with Crippen LogP contribution in [0.15, 0.2) is 83.2 Å². The van der Waals surface area contributed by atoms with Crippen molar-refractivity contribution >= 4 is 39.8 Å². The number of thioether (sulfide) groups is 1. The third-order valence-corrected chi connectivity index (χ3v) is 6.39. The van der Waals surface area contributed by atoms with Crippen LogP contribution in [0, 0.1) is 5.82 Å². The number of nitrogens with zero attached hydrogens (tertiary/aromatic N) is 2. The van der Waals surface area contributed by atoms with Crippen molar-refractivity contribution in [2.24, 2.45) is 0 Å². The van der Waals surface area contributed by atoms with Crippen LogP contribution in [-0.4, -0.2) is 21.9 Å². The molecule has 1 aromatic heterocycles. The molecule has 2 N–H and O–H groups in total.